The lowest BCUT2D eigenvalue weighted by molar-refractivity contribution is 0.177. The molecular formula is C13H14N2O3S. The molecule has 1 atom stereocenters. The Labute approximate surface area is 114 Å². The number of rotatable bonds is 4. The second-order valence-electron chi connectivity index (χ2n) is 4.07. The van der Waals surface area contributed by atoms with E-state index in [9.17, 15) is 9.90 Å². The Morgan fingerprint density at radius 3 is 2.58 bits per heavy atom. The minimum Gasteiger partial charge on any atom is -0.465 e. The summed E-state index contributed by atoms with van der Waals surface area (Å²) in [6.45, 7) is 1.67. The molecule has 0 radical (unpaired) electrons. The van der Waals surface area contributed by atoms with Crippen molar-refractivity contribution < 1.29 is 15.0 Å². The smallest absolute Gasteiger partial charge is 0.405 e. The molecule has 0 aliphatic heterocycles. The van der Waals surface area contributed by atoms with E-state index < -0.39 is 12.1 Å². The molecule has 6 heteroatoms. The fraction of sp³-hybridized carbons (Fsp3) is 0.231. The van der Waals surface area contributed by atoms with E-state index in [2.05, 4.69) is 10.3 Å². The zero-order valence-corrected chi connectivity index (χ0v) is 11.1. The van der Waals surface area contributed by atoms with E-state index in [1.165, 1.54) is 0 Å². The number of aliphatic hydroxyl groups excluding tert-OH is 1. The Balaban J connectivity index is 2.22. The van der Waals surface area contributed by atoms with Crippen LogP contribution in [0.2, 0.25) is 0 Å². The SMILES string of the molecule is Cc1ncsc1-c1ccc([C@H](CO)NC(=O)O)cc1. The molecule has 0 unspecified atom stereocenters. The summed E-state index contributed by atoms with van der Waals surface area (Å²) in [6.07, 6.45) is -1.15. The first kappa shape index (κ1) is 13.5. The minimum atomic E-state index is -1.15. The molecule has 1 heterocycles. The second kappa shape index (κ2) is 5.81. The molecule has 2 aromatic rings. The molecule has 1 aromatic heterocycles. The first-order chi connectivity index (χ1) is 9.11. The van der Waals surface area contributed by atoms with Crippen LogP contribution < -0.4 is 5.32 Å². The van der Waals surface area contributed by atoms with Crippen LogP contribution in [0.4, 0.5) is 4.79 Å². The maximum absolute atomic E-state index is 10.6. The summed E-state index contributed by atoms with van der Waals surface area (Å²) >= 11 is 1.56. The van der Waals surface area contributed by atoms with E-state index in [4.69, 9.17) is 5.11 Å². The third kappa shape index (κ3) is 3.10. The van der Waals surface area contributed by atoms with E-state index in [-0.39, 0.29) is 6.61 Å². The van der Waals surface area contributed by atoms with Crippen LogP contribution in [0.15, 0.2) is 29.8 Å². The molecular weight excluding hydrogens is 264 g/mol. The van der Waals surface area contributed by atoms with Crippen molar-refractivity contribution in [2.45, 2.75) is 13.0 Å². The maximum Gasteiger partial charge on any atom is 0.405 e. The zero-order valence-electron chi connectivity index (χ0n) is 10.3. The van der Waals surface area contributed by atoms with Gasteiger partial charge in [0.2, 0.25) is 0 Å². The largest absolute Gasteiger partial charge is 0.465 e. The highest BCUT2D eigenvalue weighted by molar-refractivity contribution is 7.13. The lowest BCUT2D eigenvalue weighted by atomic mass is 10.0. The van der Waals surface area contributed by atoms with Gasteiger partial charge in [-0.05, 0) is 18.1 Å². The summed E-state index contributed by atoms with van der Waals surface area (Å²) in [6, 6.07) is 6.83. The zero-order chi connectivity index (χ0) is 13.8. The van der Waals surface area contributed by atoms with E-state index >= 15 is 0 Å². The first-order valence-electron chi connectivity index (χ1n) is 5.72. The van der Waals surface area contributed by atoms with Gasteiger partial charge in [-0.2, -0.15) is 0 Å². The number of aromatic nitrogens is 1. The van der Waals surface area contributed by atoms with Gasteiger partial charge in [0.05, 0.1) is 28.7 Å². The third-order valence-corrected chi connectivity index (χ3v) is 3.78. The molecule has 100 valence electrons. The van der Waals surface area contributed by atoms with Gasteiger partial charge in [-0.1, -0.05) is 24.3 Å². The van der Waals surface area contributed by atoms with Crippen molar-refractivity contribution in [1.29, 1.82) is 0 Å². The summed E-state index contributed by atoms with van der Waals surface area (Å²) in [7, 11) is 0. The monoisotopic (exact) mass is 278 g/mol. The normalized spacial score (nSPS) is 12.1. The van der Waals surface area contributed by atoms with E-state index in [0.29, 0.717) is 0 Å². The van der Waals surface area contributed by atoms with Crippen molar-refractivity contribution in [1.82, 2.24) is 10.3 Å². The van der Waals surface area contributed by atoms with Crippen LogP contribution in [0.3, 0.4) is 0 Å². The molecule has 0 saturated heterocycles. The maximum atomic E-state index is 10.6. The number of amides is 1. The van der Waals surface area contributed by atoms with Crippen LogP contribution in [0.1, 0.15) is 17.3 Å². The van der Waals surface area contributed by atoms with Gasteiger partial charge >= 0.3 is 6.09 Å². The Kier molecular flexibility index (Phi) is 4.13. The van der Waals surface area contributed by atoms with Crippen molar-refractivity contribution in [2.75, 3.05) is 6.61 Å². The summed E-state index contributed by atoms with van der Waals surface area (Å²) in [4.78, 5) is 15.9. The van der Waals surface area contributed by atoms with E-state index in [0.717, 1.165) is 21.7 Å². The fourth-order valence-electron chi connectivity index (χ4n) is 1.83. The number of nitrogens with one attached hydrogen (secondary N) is 1. The first-order valence-corrected chi connectivity index (χ1v) is 6.60. The van der Waals surface area contributed by atoms with Gasteiger partial charge in [0, 0.05) is 0 Å². The predicted octanol–water partition coefficient (Wildman–Crippen LogP) is 2.42. The molecule has 0 aliphatic carbocycles. The standard InChI is InChI=1S/C13H14N2O3S/c1-8-12(19-7-14-8)10-4-2-9(3-5-10)11(6-16)15-13(17)18/h2-5,7,11,15-16H,6H2,1H3,(H,17,18)/t11-/m0/s1. The second-order valence-corrected chi connectivity index (χ2v) is 4.93. The lowest BCUT2D eigenvalue weighted by Gasteiger charge is -2.14. The van der Waals surface area contributed by atoms with Gasteiger partial charge in [-0.3, -0.25) is 0 Å². The highest BCUT2D eigenvalue weighted by atomic mass is 32.1. The molecule has 1 amide bonds. The lowest BCUT2D eigenvalue weighted by Crippen LogP contribution is -2.29. The predicted molar refractivity (Wildman–Crippen MR) is 73.3 cm³/mol. The number of benzene rings is 1. The van der Waals surface area contributed by atoms with Gasteiger partial charge in [-0.15, -0.1) is 11.3 Å². The summed E-state index contributed by atoms with van der Waals surface area (Å²) in [5.41, 5.74) is 4.54. The van der Waals surface area contributed by atoms with Crippen molar-refractivity contribution in [3.8, 4) is 10.4 Å². The number of aliphatic hydroxyl groups is 1. The molecule has 0 aliphatic rings. The number of hydrogen-bond donors (Lipinski definition) is 3. The number of nitrogens with zero attached hydrogens (tertiary/aromatic N) is 1. The van der Waals surface area contributed by atoms with E-state index in [1.807, 2.05) is 31.2 Å². The quantitative estimate of drug-likeness (QED) is 0.802. The van der Waals surface area contributed by atoms with Gasteiger partial charge in [0.15, 0.2) is 0 Å². The number of carbonyl (C=O) groups is 1. The fourth-order valence-corrected chi connectivity index (χ4v) is 2.64. The highest BCUT2D eigenvalue weighted by Gasteiger charge is 2.13. The molecule has 2 rings (SSSR count). The van der Waals surface area contributed by atoms with Gasteiger partial charge in [0.1, 0.15) is 0 Å². The molecule has 0 spiro atoms. The summed E-state index contributed by atoms with van der Waals surface area (Å²) in [5, 5.41) is 20.1. The Bertz CT molecular complexity index is 566. The van der Waals surface area contributed by atoms with Gasteiger partial charge < -0.3 is 15.5 Å². The minimum absolute atomic E-state index is 0.273. The number of hydrogen-bond acceptors (Lipinski definition) is 4. The average molecular weight is 278 g/mol. The molecule has 1 aromatic carbocycles. The van der Waals surface area contributed by atoms with Crippen LogP contribution in [0, 0.1) is 6.92 Å². The van der Waals surface area contributed by atoms with Crippen LogP contribution >= 0.6 is 11.3 Å². The molecule has 19 heavy (non-hydrogen) atoms. The Morgan fingerprint density at radius 2 is 2.11 bits per heavy atom. The number of carboxylic acid groups (broad SMARTS) is 1. The number of thiazole rings is 1. The molecule has 0 saturated carbocycles. The summed E-state index contributed by atoms with van der Waals surface area (Å²) < 4.78 is 0. The molecule has 5 nitrogen and oxygen atoms in total. The number of aryl methyl sites for hydroxylation is 1. The van der Waals surface area contributed by atoms with Crippen molar-refractivity contribution >= 4 is 17.4 Å². The highest BCUT2D eigenvalue weighted by Crippen LogP contribution is 2.28. The van der Waals surface area contributed by atoms with Crippen LogP contribution in [-0.4, -0.2) is 27.9 Å². The van der Waals surface area contributed by atoms with Crippen molar-refractivity contribution in [3.63, 3.8) is 0 Å². The topological polar surface area (TPSA) is 82.5 Å². The molecule has 0 bridgehead atoms. The van der Waals surface area contributed by atoms with E-state index in [1.54, 1.807) is 16.8 Å². The Morgan fingerprint density at radius 1 is 1.42 bits per heavy atom. The summed E-state index contributed by atoms with van der Waals surface area (Å²) in [5.74, 6) is 0. The van der Waals surface area contributed by atoms with Crippen molar-refractivity contribution in [3.05, 3.63) is 41.0 Å². The third-order valence-electron chi connectivity index (χ3n) is 2.80. The van der Waals surface area contributed by atoms with Gasteiger partial charge in [-0.25, -0.2) is 9.78 Å². The van der Waals surface area contributed by atoms with Crippen LogP contribution in [0.5, 0.6) is 0 Å². The Hall–Kier alpha value is -1.92. The molecule has 3 N–H and O–H groups in total. The van der Waals surface area contributed by atoms with Crippen molar-refractivity contribution in [2.24, 2.45) is 0 Å². The average Bonchev–Trinajstić information content (AvgIpc) is 2.82. The van der Waals surface area contributed by atoms with Gasteiger partial charge in [0.25, 0.3) is 0 Å². The molecule has 0 fully saturated rings. The van der Waals surface area contributed by atoms with Crippen LogP contribution in [0.25, 0.3) is 10.4 Å². The van der Waals surface area contributed by atoms with Crippen LogP contribution in [-0.2, 0) is 0 Å².